The van der Waals surface area contributed by atoms with Crippen LogP contribution in [-0.2, 0) is 4.74 Å². The second-order valence-corrected chi connectivity index (χ2v) is 5.25. The third-order valence-electron chi connectivity index (χ3n) is 3.36. The van der Waals surface area contributed by atoms with E-state index in [1.165, 1.54) is 17.2 Å². The van der Waals surface area contributed by atoms with E-state index < -0.39 is 0 Å². The molecule has 2 rings (SSSR count). The number of ether oxygens (including phenoxy) is 1. The lowest BCUT2D eigenvalue weighted by molar-refractivity contribution is 0.0594. The number of rotatable bonds is 5. The van der Waals surface area contributed by atoms with E-state index in [1.807, 2.05) is 12.1 Å². The third-order valence-corrected chi connectivity index (χ3v) is 3.61. The van der Waals surface area contributed by atoms with Gasteiger partial charge in [0.05, 0.1) is 12.6 Å². The first-order valence-electron chi connectivity index (χ1n) is 6.70. The number of methoxy groups -OCH3 is 1. The molecule has 0 spiro atoms. The summed E-state index contributed by atoms with van der Waals surface area (Å²) >= 11 is 5.90. The molecule has 1 heterocycles. The molecule has 1 unspecified atom stereocenters. The van der Waals surface area contributed by atoms with E-state index in [4.69, 9.17) is 16.3 Å². The van der Waals surface area contributed by atoms with Crippen molar-refractivity contribution in [1.29, 1.82) is 0 Å². The van der Waals surface area contributed by atoms with Crippen LogP contribution in [-0.4, -0.2) is 41.7 Å². The number of aromatic nitrogens is 1. The number of aromatic hydroxyl groups is 1. The van der Waals surface area contributed by atoms with E-state index in [9.17, 15) is 9.90 Å². The van der Waals surface area contributed by atoms with Crippen LogP contribution in [0.2, 0.25) is 5.02 Å². The Balaban J connectivity index is 2.30. The zero-order valence-corrected chi connectivity index (χ0v) is 13.1. The first-order valence-corrected chi connectivity index (χ1v) is 7.08. The molecule has 2 aromatic rings. The quantitative estimate of drug-likeness (QED) is 0.920. The molecule has 5 nitrogen and oxygen atoms in total. The van der Waals surface area contributed by atoms with Gasteiger partial charge < -0.3 is 14.7 Å². The largest absolute Gasteiger partial charge is 0.505 e. The fraction of sp³-hybridized carbons (Fsp3) is 0.250. The van der Waals surface area contributed by atoms with Crippen molar-refractivity contribution in [3.63, 3.8) is 0 Å². The van der Waals surface area contributed by atoms with Gasteiger partial charge in [-0.25, -0.2) is 4.98 Å². The molecular formula is C16H17ClN2O3. The number of halogens is 1. The van der Waals surface area contributed by atoms with E-state index in [0.717, 1.165) is 5.56 Å². The smallest absolute Gasteiger partial charge is 0.276 e. The van der Waals surface area contributed by atoms with Crippen molar-refractivity contribution in [3.05, 3.63) is 58.9 Å². The van der Waals surface area contributed by atoms with E-state index in [1.54, 1.807) is 32.4 Å². The Kier molecular flexibility index (Phi) is 5.35. The van der Waals surface area contributed by atoms with Crippen LogP contribution in [0.4, 0.5) is 0 Å². The molecule has 22 heavy (non-hydrogen) atoms. The molecular weight excluding hydrogens is 304 g/mol. The SMILES string of the molecule is COCC(c1ccc(Cl)cc1)N(C)C(=O)c1ncccc1O. The Labute approximate surface area is 134 Å². The monoisotopic (exact) mass is 320 g/mol. The molecule has 0 saturated carbocycles. The first-order chi connectivity index (χ1) is 10.5. The average Bonchev–Trinajstić information content (AvgIpc) is 2.53. The van der Waals surface area contributed by atoms with E-state index >= 15 is 0 Å². The maximum Gasteiger partial charge on any atom is 0.276 e. The first kappa shape index (κ1) is 16.3. The van der Waals surface area contributed by atoms with Gasteiger partial charge in [0.15, 0.2) is 5.69 Å². The molecule has 6 heteroatoms. The Morgan fingerprint density at radius 3 is 2.64 bits per heavy atom. The summed E-state index contributed by atoms with van der Waals surface area (Å²) in [6.07, 6.45) is 1.47. The summed E-state index contributed by atoms with van der Waals surface area (Å²) < 4.78 is 5.22. The molecule has 1 aromatic heterocycles. The lowest BCUT2D eigenvalue weighted by atomic mass is 10.1. The van der Waals surface area contributed by atoms with E-state index in [0.29, 0.717) is 11.6 Å². The molecule has 0 saturated heterocycles. The Morgan fingerprint density at radius 1 is 1.36 bits per heavy atom. The summed E-state index contributed by atoms with van der Waals surface area (Å²) in [4.78, 5) is 18.0. The number of amides is 1. The molecule has 1 N–H and O–H groups in total. The van der Waals surface area contributed by atoms with Gasteiger partial charge in [-0.2, -0.15) is 0 Å². The summed E-state index contributed by atoms with van der Waals surface area (Å²) in [5.74, 6) is -0.526. The zero-order valence-electron chi connectivity index (χ0n) is 12.4. The molecule has 0 aliphatic heterocycles. The zero-order chi connectivity index (χ0) is 16.1. The van der Waals surface area contributed by atoms with Crippen LogP contribution in [0.15, 0.2) is 42.6 Å². The molecule has 0 aliphatic carbocycles. The van der Waals surface area contributed by atoms with Crippen LogP contribution in [0, 0.1) is 0 Å². The van der Waals surface area contributed by atoms with Crippen molar-refractivity contribution < 1.29 is 14.6 Å². The van der Waals surface area contributed by atoms with Gasteiger partial charge in [-0.3, -0.25) is 4.79 Å². The van der Waals surface area contributed by atoms with Gasteiger partial charge in [0.2, 0.25) is 0 Å². The fourth-order valence-electron chi connectivity index (χ4n) is 2.14. The van der Waals surface area contributed by atoms with Crippen molar-refractivity contribution in [2.24, 2.45) is 0 Å². The molecule has 1 atom stereocenters. The van der Waals surface area contributed by atoms with Crippen molar-refractivity contribution >= 4 is 17.5 Å². The summed E-state index contributed by atoms with van der Waals surface area (Å²) in [7, 11) is 3.22. The van der Waals surface area contributed by atoms with Crippen molar-refractivity contribution in [1.82, 2.24) is 9.88 Å². The second-order valence-electron chi connectivity index (χ2n) is 4.81. The number of nitrogens with zero attached hydrogens (tertiary/aromatic N) is 2. The summed E-state index contributed by atoms with van der Waals surface area (Å²) in [5.41, 5.74) is 0.901. The minimum atomic E-state index is -0.380. The predicted molar refractivity (Wildman–Crippen MR) is 84.1 cm³/mol. The van der Waals surface area contributed by atoms with Crippen LogP contribution >= 0.6 is 11.6 Å². The van der Waals surface area contributed by atoms with Gasteiger partial charge in [-0.15, -0.1) is 0 Å². The molecule has 0 aliphatic rings. The van der Waals surface area contributed by atoms with Gasteiger partial charge in [0, 0.05) is 25.4 Å². The molecule has 1 amide bonds. The van der Waals surface area contributed by atoms with Crippen LogP contribution in [0.1, 0.15) is 22.1 Å². The van der Waals surface area contributed by atoms with Crippen molar-refractivity contribution in [3.8, 4) is 5.75 Å². The van der Waals surface area contributed by atoms with E-state index in [2.05, 4.69) is 4.98 Å². The van der Waals surface area contributed by atoms with E-state index in [-0.39, 0.29) is 23.4 Å². The van der Waals surface area contributed by atoms with Gasteiger partial charge in [-0.05, 0) is 29.8 Å². The van der Waals surface area contributed by atoms with Gasteiger partial charge in [0.25, 0.3) is 5.91 Å². The number of carbonyl (C=O) groups is 1. The maximum atomic E-state index is 12.5. The Bertz CT molecular complexity index is 646. The van der Waals surface area contributed by atoms with Crippen molar-refractivity contribution in [2.45, 2.75) is 6.04 Å². The third kappa shape index (κ3) is 3.55. The molecule has 0 radical (unpaired) electrons. The number of hydrogen-bond donors (Lipinski definition) is 1. The number of likely N-dealkylation sites (N-methyl/N-ethyl adjacent to an activating group) is 1. The Hall–Kier alpha value is -2.11. The fourth-order valence-corrected chi connectivity index (χ4v) is 2.27. The predicted octanol–water partition coefficient (Wildman–Crippen LogP) is 2.90. The molecule has 1 aromatic carbocycles. The lowest BCUT2D eigenvalue weighted by Crippen LogP contribution is -2.34. The lowest BCUT2D eigenvalue weighted by Gasteiger charge is -2.28. The molecule has 0 fully saturated rings. The average molecular weight is 321 g/mol. The highest BCUT2D eigenvalue weighted by atomic mass is 35.5. The number of carbonyl (C=O) groups excluding carboxylic acids is 1. The highest BCUT2D eigenvalue weighted by Crippen LogP contribution is 2.25. The number of hydrogen-bond acceptors (Lipinski definition) is 4. The topological polar surface area (TPSA) is 62.7 Å². The highest BCUT2D eigenvalue weighted by molar-refractivity contribution is 6.30. The minimum Gasteiger partial charge on any atom is -0.505 e. The Morgan fingerprint density at radius 2 is 2.05 bits per heavy atom. The van der Waals surface area contributed by atoms with Crippen molar-refractivity contribution in [2.75, 3.05) is 20.8 Å². The highest BCUT2D eigenvalue weighted by Gasteiger charge is 2.25. The second kappa shape index (κ2) is 7.24. The normalized spacial score (nSPS) is 12.0. The number of benzene rings is 1. The van der Waals surface area contributed by atoms with Gasteiger partial charge in [-0.1, -0.05) is 23.7 Å². The summed E-state index contributed by atoms with van der Waals surface area (Å²) in [6, 6.07) is 9.89. The molecule has 116 valence electrons. The van der Waals surface area contributed by atoms with Gasteiger partial charge >= 0.3 is 0 Å². The van der Waals surface area contributed by atoms with Crippen LogP contribution in [0.3, 0.4) is 0 Å². The number of pyridine rings is 1. The van der Waals surface area contributed by atoms with Crippen LogP contribution in [0.5, 0.6) is 5.75 Å². The minimum absolute atomic E-state index is 0.0140. The molecule has 0 bridgehead atoms. The standard InChI is InChI=1S/C16H17ClN2O3/c1-19(16(21)15-14(20)4-3-9-18-15)13(10-22-2)11-5-7-12(17)8-6-11/h3-9,13,20H,10H2,1-2H3. The van der Waals surface area contributed by atoms with Gasteiger partial charge in [0.1, 0.15) is 5.75 Å². The van der Waals surface area contributed by atoms with Crippen LogP contribution in [0.25, 0.3) is 0 Å². The summed E-state index contributed by atoms with van der Waals surface area (Å²) in [6.45, 7) is 0.317. The summed E-state index contributed by atoms with van der Waals surface area (Å²) in [5, 5.41) is 10.4. The maximum absolute atomic E-state index is 12.5. The van der Waals surface area contributed by atoms with Crippen LogP contribution < -0.4 is 0 Å².